The number of nitrogens with zero attached hydrogens (tertiary/aromatic N) is 1. The Balaban J connectivity index is 2.11. The third-order valence-electron chi connectivity index (χ3n) is 4.66. The average molecular weight is 447 g/mol. The zero-order valence-electron chi connectivity index (χ0n) is 17.2. The topological polar surface area (TPSA) is 77.5 Å². The molecule has 1 aliphatic rings. The number of nitrogens with one attached hydrogen (secondary N) is 1. The fraction of sp³-hybridized carbons (Fsp3) is 0.318. The van der Waals surface area contributed by atoms with Crippen LogP contribution in [0.25, 0.3) is 10.6 Å². The smallest absolute Gasteiger partial charge is 0.336 e. The number of ether oxygens (including phenoxy) is 2. The van der Waals surface area contributed by atoms with E-state index in [1.807, 2.05) is 17.5 Å². The number of aromatic nitrogens is 1. The minimum atomic E-state index is -0.679. The molecule has 3 rings (SSSR count). The van der Waals surface area contributed by atoms with Crippen LogP contribution < -0.4 is 5.32 Å². The van der Waals surface area contributed by atoms with Crippen LogP contribution in [0.3, 0.4) is 0 Å². The number of esters is 2. The minimum Gasteiger partial charge on any atom is -0.463 e. The monoisotopic (exact) mass is 446 g/mol. The summed E-state index contributed by atoms with van der Waals surface area (Å²) in [6, 6.07) is 7.36. The maximum atomic E-state index is 12.8. The first-order valence-corrected chi connectivity index (χ1v) is 10.9. The van der Waals surface area contributed by atoms with Crippen LogP contribution in [-0.2, 0) is 19.1 Å². The third-order valence-corrected chi connectivity index (χ3v) is 5.82. The van der Waals surface area contributed by atoms with Gasteiger partial charge >= 0.3 is 11.9 Å². The number of carbonyl (C=O) groups excluding carboxylic acids is 2. The lowest BCUT2D eigenvalue weighted by molar-refractivity contribution is -0.139. The molecule has 0 spiro atoms. The standard InChI is InChI=1S/C22H23ClN2O4S/c1-5-28-21(26)17-12(3)24-13(4)18(22(27)29-6-2)19(17)16-11-30-20(25-16)14-7-9-15(23)10-8-14/h7-11,19,24H,5-6H2,1-4H3. The Morgan fingerprint density at radius 3 is 2.07 bits per heavy atom. The van der Waals surface area contributed by atoms with E-state index in [1.165, 1.54) is 11.3 Å². The largest absolute Gasteiger partial charge is 0.463 e. The van der Waals surface area contributed by atoms with Crippen molar-refractivity contribution in [3.8, 4) is 10.6 Å². The van der Waals surface area contributed by atoms with Gasteiger partial charge in [0.25, 0.3) is 0 Å². The number of benzene rings is 1. The SMILES string of the molecule is CCOC(=O)C1=C(C)NC(C)=C(C(=O)OCC)C1c1csc(-c2ccc(Cl)cc2)n1. The summed E-state index contributed by atoms with van der Waals surface area (Å²) in [6.45, 7) is 7.52. The van der Waals surface area contributed by atoms with Crippen molar-refractivity contribution in [3.63, 3.8) is 0 Å². The molecule has 0 fully saturated rings. The van der Waals surface area contributed by atoms with Gasteiger partial charge < -0.3 is 14.8 Å². The van der Waals surface area contributed by atoms with Crippen LogP contribution in [0.1, 0.15) is 39.3 Å². The summed E-state index contributed by atoms with van der Waals surface area (Å²) in [7, 11) is 0. The van der Waals surface area contributed by atoms with Crippen molar-refractivity contribution in [1.82, 2.24) is 10.3 Å². The van der Waals surface area contributed by atoms with Gasteiger partial charge in [0.15, 0.2) is 0 Å². The molecule has 0 bridgehead atoms. The average Bonchev–Trinajstić information content (AvgIpc) is 3.18. The molecule has 158 valence electrons. The summed E-state index contributed by atoms with van der Waals surface area (Å²) in [5, 5.41) is 6.39. The number of thiazole rings is 1. The van der Waals surface area contributed by atoms with Gasteiger partial charge in [-0.25, -0.2) is 14.6 Å². The minimum absolute atomic E-state index is 0.229. The molecule has 1 aliphatic heterocycles. The number of carbonyl (C=O) groups is 2. The fourth-order valence-corrected chi connectivity index (χ4v) is 4.37. The first-order valence-electron chi connectivity index (χ1n) is 9.61. The molecule has 0 aliphatic carbocycles. The van der Waals surface area contributed by atoms with E-state index < -0.39 is 17.9 Å². The highest BCUT2D eigenvalue weighted by Gasteiger charge is 2.39. The molecular weight excluding hydrogens is 424 g/mol. The predicted octanol–water partition coefficient (Wildman–Crippen LogP) is 4.82. The van der Waals surface area contributed by atoms with Crippen LogP contribution in [0.4, 0.5) is 0 Å². The second-order valence-electron chi connectivity index (χ2n) is 6.66. The van der Waals surface area contributed by atoms with Crippen LogP contribution in [0.15, 0.2) is 52.2 Å². The summed E-state index contributed by atoms with van der Waals surface area (Å²) in [5.74, 6) is -1.65. The van der Waals surface area contributed by atoms with E-state index >= 15 is 0 Å². The first-order chi connectivity index (χ1) is 14.4. The molecule has 0 saturated carbocycles. The Morgan fingerprint density at radius 1 is 1.03 bits per heavy atom. The first kappa shape index (κ1) is 22.1. The molecule has 0 unspecified atom stereocenters. The van der Waals surface area contributed by atoms with Gasteiger partial charge in [-0.3, -0.25) is 0 Å². The van der Waals surface area contributed by atoms with Crippen LogP contribution in [0, 0.1) is 0 Å². The van der Waals surface area contributed by atoms with Gasteiger partial charge in [0, 0.05) is 27.4 Å². The predicted molar refractivity (Wildman–Crippen MR) is 117 cm³/mol. The van der Waals surface area contributed by atoms with Gasteiger partial charge in [-0.2, -0.15) is 0 Å². The van der Waals surface area contributed by atoms with Gasteiger partial charge in [0.2, 0.25) is 0 Å². The Hall–Kier alpha value is -2.64. The molecule has 1 aromatic heterocycles. The van der Waals surface area contributed by atoms with Crippen molar-refractivity contribution in [2.75, 3.05) is 13.2 Å². The highest BCUT2D eigenvalue weighted by atomic mass is 35.5. The van der Waals surface area contributed by atoms with E-state index in [2.05, 4.69) is 5.32 Å². The van der Waals surface area contributed by atoms with Crippen molar-refractivity contribution in [3.05, 3.63) is 62.9 Å². The molecular formula is C22H23ClN2O4S. The van der Waals surface area contributed by atoms with E-state index in [9.17, 15) is 9.59 Å². The number of halogens is 1. The van der Waals surface area contributed by atoms with Crippen molar-refractivity contribution >= 4 is 34.9 Å². The maximum absolute atomic E-state index is 12.8. The van der Waals surface area contributed by atoms with Crippen LogP contribution in [-0.4, -0.2) is 30.1 Å². The van der Waals surface area contributed by atoms with Gasteiger partial charge in [0.1, 0.15) is 5.01 Å². The van der Waals surface area contributed by atoms with Crippen molar-refractivity contribution in [2.45, 2.75) is 33.6 Å². The van der Waals surface area contributed by atoms with Gasteiger partial charge in [-0.15, -0.1) is 11.3 Å². The second kappa shape index (κ2) is 9.45. The quantitative estimate of drug-likeness (QED) is 0.640. The Kier molecular flexibility index (Phi) is 6.95. The van der Waals surface area contributed by atoms with Gasteiger partial charge in [-0.1, -0.05) is 23.7 Å². The molecule has 0 atom stereocenters. The molecule has 0 saturated heterocycles. The summed E-state index contributed by atoms with van der Waals surface area (Å²) >= 11 is 7.42. The molecule has 2 aromatic rings. The molecule has 0 radical (unpaired) electrons. The summed E-state index contributed by atoms with van der Waals surface area (Å²) in [4.78, 5) is 30.4. The highest BCUT2D eigenvalue weighted by Crippen LogP contribution is 2.40. The van der Waals surface area contributed by atoms with E-state index in [0.29, 0.717) is 33.3 Å². The number of dihydropyridines is 1. The zero-order valence-corrected chi connectivity index (χ0v) is 18.8. The van der Waals surface area contributed by atoms with E-state index in [4.69, 9.17) is 26.1 Å². The Morgan fingerprint density at radius 2 is 1.57 bits per heavy atom. The molecule has 1 aromatic carbocycles. The number of hydrogen-bond donors (Lipinski definition) is 1. The lowest BCUT2D eigenvalue weighted by Crippen LogP contribution is -2.32. The normalized spacial score (nSPS) is 14.6. The molecule has 6 nitrogen and oxygen atoms in total. The number of rotatable bonds is 6. The van der Waals surface area contributed by atoms with Crippen molar-refractivity contribution in [2.24, 2.45) is 0 Å². The lowest BCUT2D eigenvalue weighted by Gasteiger charge is -2.29. The van der Waals surface area contributed by atoms with Crippen LogP contribution in [0.2, 0.25) is 5.02 Å². The molecule has 0 amide bonds. The van der Waals surface area contributed by atoms with Crippen LogP contribution in [0.5, 0.6) is 0 Å². The Bertz CT molecular complexity index is 984. The molecule has 8 heteroatoms. The molecule has 2 heterocycles. The molecule has 1 N–H and O–H groups in total. The van der Waals surface area contributed by atoms with E-state index in [1.54, 1.807) is 39.8 Å². The number of allylic oxidation sites excluding steroid dienone is 2. The van der Waals surface area contributed by atoms with Crippen LogP contribution >= 0.6 is 22.9 Å². The summed E-state index contributed by atoms with van der Waals surface area (Å²) in [5.41, 5.74) is 3.48. The van der Waals surface area contributed by atoms with Crippen molar-refractivity contribution < 1.29 is 19.1 Å². The van der Waals surface area contributed by atoms with Gasteiger partial charge in [-0.05, 0) is 39.8 Å². The highest BCUT2D eigenvalue weighted by molar-refractivity contribution is 7.13. The van der Waals surface area contributed by atoms with E-state index in [0.717, 1.165) is 10.6 Å². The fourth-order valence-electron chi connectivity index (χ4n) is 3.39. The van der Waals surface area contributed by atoms with E-state index in [-0.39, 0.29) is 13.2 Å². The molecule has 30 heavy (non-hydrogen) atoms. The summed E-state index contributed by atoms with van der Waals surface area (Å²) < 4.78 is 10.6. The Labute approximate surface area is 184 Å². The lowest BCUT2D eigenvalue weighted by atomic mass is 9.83. The maximum Gasteiger partial charge on any atom is 0.336 e. The number of hydrogen-bond acceptors (Lipinski definition) is 7. The second-order valence-corrected chi connectivity index (χ2v) is 7.96. The van der Waals surface area contributed by atoms with Crippen molar-refractivity contribution in [1.29, 1.82) is 0 Å². The third kappa shape index (κ3) is 4.42. The zero-order chi connectivity index (χ0) is 21.8. The summed E-state index contributed by atoms with van der Waals surface area (Å²) in [6.07, 6.45) is 0. The van der Waals surface area contributed by atoms with Gasteiger partial charge in [0.05, 0.1) is 36.0 Å².